The van der Waals surface area contributed by atoms with Crippen LogP contribution in [0.25, 0.3) is 0 Å². The molecule has 1 heterocycles. The van der Waals surface area contributed by atoms with Crippen LogP contribution in [0.1, 0.15) is 10.4 Å². The highest BCUT2D eigenvalue weighted by Crippen LogP contribution is 2.22. The van der Waals surface area contributed by atoms with Crippen molar-refractivity contribution in [1.29, 1.82) is 0 Å². The smallest absolute Gasteiger partial charge is 0.255 e. The lowest BCUT2D eigenvalue weighted by molar-refractivity contribution is 0.0949. The number of hydrogen-bond acceptors (Lipinski definition) is 3. The van der Waals surface area contributed by atoms with Crippen LogP contribution in [0.4, 0.5) is 0 Å². The van der Waals surface area contributed by atoms with E-state index in [1.165, 1.54) is 0 Å². The van der Waals surface area contributed by atoms with Gasteiger partial charge in [0.2, 0.25) is 0 Å². The Labute approximate surface area is 119 Å². The van der Waals surface area contributed by atoms with Gasteiger partial charge in [0, 0.05) is 30.0 Å². The van der Waals surface area contributed by atoms with Crippen LogP contribution in [0.15, 0.2) is 41.4 Å². The lowest BCUT2D eigenvalue weighted by Gasteiger charge is -2.10. The first-order valence-electron chi connectivity index (χ1n) is 5.78. The van der Waals surface area contributed by atoms with Gasteiger partial charge in [-0.25, -0.2) is 4.98 Å². The molecule has 0 spiro atoms. The standard InChI is InChI=1S/C13H14BrN3O2/c1-19-12-3-2-10(14)8-11(12)13(18)16-5-7-17-6-4-15-9-17/h2-4,6,8-9H,5,7H2,1H3,(H,16,18). The van der Waals surface area contributed by atoms with Gasteiger partial charge in [-0.2, -0.15) is 0 Å². The van der Waals surface area contributed by atoms with Crippen LogP contribution in [0.2, 0.25) is 0 Å². The Hall–Kier alpha value is -1.82. The highest BCUT2D eigenvalue weighted by Gasteiger charge is 2.12. The van der Waals surface area contributed by atoms with Gasteiger partial charge in [0.25, 0.3) is 5.91 Å². The van der Waals surface area contributed by atoms with E-state index in [0.29, 0.717) is 24.4 Å². The molecule has 0 bridgehead atoms. The summed E-state index contributed by atoms with van der Waals surface area (Å²) in [4.78, 5) is 16.0. The zero-order chi connectivity index (χ0) is 13.7. The summed E-state index contributed by atoms with van der Waals surface area (Å²) >= 11 is 3.35. The quantitative estimate of drug-likeness (QED) is 0.916. The van der Waals surface area contributed by atoms with Crippen LogP contribution in [0.5, 0.6) is 5.75 Å². The highest BCUT2D eigenvalue weighted by atomic mass is 79.9. The zero-order valence-corrected chi connectivity index (χ0v) is 12.1. The fourth-order valence-corrected chi connectivity index (χ4v) is 2.03. The third kappa shape index (κ3) is 3.57. The summed E-state index contributed by atoms with van der Waals surface area (Å²) < 4.78 is 7.92. The summed E-state index contributed by atoms with van der Waals surface area (Å²) in [5.41, 5.74) is 0.516. The Morgan fingerprint density at radius 2 is 2.37 bits per heavy atom. The number of carbonyl (C=O) groups is 1. The third-order valence-electron chi connectivity index (χ3n) is 2.62. The van der Waals surface area contributed by atoms with E-state index >= 15 is 0 Å². The van der Waals surface area contributed by atoms with Gasteiger partial charge in [0.15, 0.2) is 0 Å². The maximum absolute atomic E-state index is 12.1. The van der Waals surface area contributed by atoms with Crippen molar-refractivity contribution >= 4 is 21.8 Å². The Kier molecular flexibility index (Phi) is 4.57. The summed E-state index contributed by atoms with van der Waals surface area (Å²) in [6.45, 7) is 1.22. The highest BCUT2D eigenvalue weighted by molar-refractivity contribution is 9.10. The molecule has 0 aliphatic rings. The minimum absolute atomic E-state index is 0.154. The first kappa shape index (κ1) is 13.6. The van der Waals surface area contributed by atoms with Gasteiger partial charge in [0.05, 0.1) is 19.0 Å². The van der Waals surface area contributed by atoms with E-state index in [1.807, 2.05) is 16.8 Å². The van der Waals surface area contributed by atoms with Crippen molar-refractivity contribution in [3.8, 4) is 5.75 Å². The Bertz CT molecular complexity index is 555. The molecule has 1 N–H and O–H groups in total. The number of nitrogens with one attached hydrogen (secondary N) is 1. The molecule has 0 aliphatic carbocycles. The van der Waals surface area contributed by atoms with E-state index in [2.05, 4.69) is 26.2 Å². The number of aromatic nitrogens is 2. The molecule has 1 aromatic heterocycles. The molecule has 2 rings (SSSR count). The van der Waals surface area contributed by atoms with Crippen molar-refractivity contribution in [2.24, 2.45) is 0 Å². The van der Waals surface area contributed by atoms with Crippen LogP contribution < -0.4 is 10.1 Å². The van der Waals surface area contributed by atoms with E-state index in [9.17, 15) is 4.79 Å². The minimum Gasteiger partial charge on any atom is -0.496 e. The fraction of sp³-hybridized carbons (Fsp3) is 0.231. The van der Waals surface area contributed by atoms with Gasteiger partial charge in [0.1, 0.15) is 5.75 Å². The second kappa shape index (κ2) is 6.38. The molecular weight excluding hydrogens is 310 g/mol. The van der Waals surface area contributed by atoms with Gasteiger partial charge in [-0.3, -0.25) is 4.79 Å². The number of nitrogens with zero attached hydrogens (tertiary/aromatic N) is 2. The second-order valence-corrected chi connectivity index (χ2v) is 4.82. The molecule has 100 valence electrons. The van der Waals surface area contributed by atoms with Crippen molar-refractivity contribution in [3.05, 3.63) is 47.0 Å². The first-order valence-corrected chi connectivity index (χ1v) is 6.57. The molecule has 0 fully saturated rings. The number of benzene rings is 1. The van der Waals surface area contributed by atoms with Crippen molar-refractivity contribution in [1.82, 2.24) is 14.9 Å². The lowest BCUT2D eigenvalue weighted by Crippen LogP contribution is -2.27. The Balaban J connectivity index is 1.97. The van der Waals surface area contributed by atoms with E-state index in [-0.39, 0.29) is 5.91 Å². The summed E-state index contributed by atoms with van der Waals surface area (Å²) in [6, 6.07) is 5.33. The molecule has 0 radical (unpaired) electrons. The van der Waals surface area contributed by atoms with Gasteiger partial charge >= 0.3 is 0 Å². The van der Waals surface area contributed by atoms with Crippen molar-refractivity contribution in [3.63, 3.8) is 0 Å². The second-order valence-electron chi connectivity index (χ2n) is 3.90. The van der Waals surface area contributed by atoms with Crippen molar-refractivity contribution < 1.29 is 9.53 Å². The number of imidazole rings is 1. The molecule has 6 heteroatoms. The van der Waals surface area contributed by atoms with E-state index < -0.39 is 0 Å². The number of carbonyl (C=O) groups excluding carboxylic acids is 1. The normalized spacial score (nSPS) is 10.2. The number of ether oxygens (including phenoxy) is 1. The maximum atomic E-state index is 12.1. The average molecular weight is 324 g/mol. The predicted octanol–water partition coefficient (Wildman–Crippen LogP) is 2.08. The molecule has 0 saturated heterocycles. The molecule has 5 nitrogen and oxygen atoms in total. The Morgan fingerprint density at radius 1 is 1.53 bits per heavy atom. The lowest BCUT2D eigenvalue weighted by atomic mass is 10.2. The van der Waals surface area contributed by atoms with Crippen LogP contribution in [-0.4, -0.2) is 29.1 Å². The molecule has 0 aliphatic heterocycles. The first-order chi connectivity index (χ1) is 9.20. The largest absolute Gasteiger partial charge is 0.496 e. The predicted molar refractivity (Wildman–Crippen MR) is 75.3 cm³/mol. The maximum Gasteiger partial charge on any atom is 0.255 e. The van der Waals surface area contributed by atoms with Crippen LogP contribution in [0, 0.1) is 0 Å². The molecule has 1 amide bonds. The summed E-state index contributed by atoms with van der Waals surface area (Å²) in [7, 11) is 1.55. The topological polar surface area (TPSA) is 56.1 Å². The number of hydrogen-bond donors (Lipinski definition) is 1. The van der Waals surface area contributed by atoms with Crippen LogP contribution in [0.3, 0.4) is 0 Å². The van der Waals surface area contributed by atoms with Gasteiger partial charge in [-0.05, 0) is 18.2 Å². The molecule has 0 atom stereocenters. The monoisotopic (exact) mass is 323 g/mol. The van der Waals surface area contributed by atoms with Gasteiger partial charge in [-0.15, -0.1) is 0 Å². The molecule has 1 aromatic carbocycles. The molecule has 2 aromatic rings. The van der Waals surface area contributed by atoms with Crippen molar-refractivity contribution in [2.45, 2.75) is 6.54 Å². The number of amides is 1. The van der Waals surface area contributed by atoms with Crippen molar-refractivity contribution in [2.75, 3.05) is 13.7 Å². The third-order valence-corrected chi connectivity index (χ3v) is 3.11. The van der Waals surface area contributed by atoms with E-state index in [1.54, 1.807) is 31.8 Å². The molecular formula is C13H14BrN3O2. The zero-order valence-electron chi connectivity index (χ0n) is 10.5. The average Bonchev–Trinajstić information content (AvgIpc) is 2.91. The van der Waals surface area contributed by atoms with Gasteiger partial charge in [-0.1, -0.05) is 15.9 Å². The Morgan fingerprint density at radius 3 is 3.05 bits per heavy atom. The van der Waals surface area contributed by atoms with E-state index in [0.717, 1.165) is 4.47 Å². The number of methoxy groups -OCH3 is 1. The SMILES string of the molecule is COc1ccc(Br)cc1C(=O)NCCn1ccnc1. The summed E-state index contributed by atoms with van der Waals surface area (Å²) in [5.74, 6) is 0.404. The minimum atomic E-state index is -0.154. The molecule has 19 heavy (non-hydrogen) atoms. The van der Waals surface area contributed by atoms with Gasteiger partial charge < -0.3 is 14.6 Å². The summed E-state index contributed by atoms with van der Waals surface area (Å²) in [5, 5.41) is 2.85. The number of halogens is 1. The number of rotatable bonds is 5. The molecule has 0 saturated carbocycles. The fourth-order valence-electron chi connectivity index (χ4n) is 1.67. The summed E-state index contributed by atoms with van der Waals surface area (Å²) in [6.07, 6.45) is 5.27. The van der Waals surface area contributed by atoms with Crippen LogP contribution in [-0.2, 0) is 6.54 Å². The van der Waals surface area contributed by atoms with Crippen LogP contribution >= 0.6 is 15.9 Å². The van der Waals surface area contributed by atoms with E-state index in [4.69, 9.17) is 4.74 Å². The molecule has 0 unspecified atom stereocenters.